The van der Waals surface area contributed by atoms with Crippen LogP contribution in [0.2, 0.25) is 0 Å². The number of carbonyl (C=O) groups is 1. The molecular formula is C21H22BrFN4OS. The van der Waals surface area contributed by atoms with Crippen LogP contribution in [0, 0.1) is 5.82 Å². The molecule has 0 radical (unpaired) electrons. The highest BCUT2D eigenvalue weighted by Gasteiger charge is 2.17. The highest BCUT2D eigenvalue weighted by molar-refractivity contribution is 9.10. The number of anilines is 1. The Morgan fingerprint density at radius 2 is 2.00 bits per heavy atom. The average Bonchev–Trinajstić information content (AvgIpc) is 3.10. The van der Waals surface area contributed by atoms with E-state index in [1.165, 1.54) is 17.8 Å². The van der Waals surface area contributed by atoms with Crippen LogP contribution in [0.25, 0.3) is 11.4 Å². The maximum atomic E-state index is 14.1. The standard InChI is InChI=1S/C21H22BrFN4OS/c1-4-27-20(15-7-5-6-8-17(15)23)25-26-21(27)29-12-19(28)24-18-10-9-14(22)11-16(18)13(2)3/h5-11,13H,4,12H2,1-3H3,(H,24,28). The van der Waals surface area contributed by atoms with Crippen molar-refractivity contribution in [1.29, 1.82) is 0 Å². The first-order chi connectivity index (χ1) is 13.9. The summed E-state index contributed by atoms with van der Waals surface area (Å²) in [5, 5.41) is 11.9. The Bertz CT molecular complexity index is 1020. The molecule has 0 saturated heterocycles. The lowest BCUT2D eigenvalue weighted by atomic mass is 10.0. The maximum Gasteiger partial charge on any atom is 0.234 e. The van der Waals surface area contributed by atoms with Gasteiger partial charge in [0.15, 0.2) is 11.0 Å². The van der Waals surface area contributed by atoms with Gasteiger partial charge in [-0.1, -0.05) is 53.7 Å². The first-order valence-electron chi connectivity index (χ1n) is 9.30. The highest BCUT2D eigenvalue weighted by atomic mass is 79.9. The number of benzene rings is 2. The summed E-state index contributed by atoms with van der Waals surface area (Å²) in [5.74, 6) is 0.450. The van der Waals surface area contributed by atoms with Crippen molar-refractivity contribution in [3.63, 3.8) is 0 Å². The molecule has 0 fully saturated rings. The van der Waals surface area contributed by atoms with Gasteiger partial charge in [0.2, 0.25) is 5.91 Å². The van der Waals surface area contributed by atoms with Gasteiger partial charge in [0.05, 0.1) is 11.3 Å². The minimum Gasteiger partial charge on any atom is -0.325 e. The van der Waals surface area contributed by atoms with Crippen LogP contribution in [-0.4, -0.2) is 26.4 Å². The number of halogens is 2. The number of nitrogens with zero attached hydrogens (tertiary/aromatic N) is 3. The van der Waals surface area contributed by atoms with Crippen molar-refractivity contribution >= 4 is 39.3 Å². The van der Waals surface area contributed by atoms with E-state index in [1.54, 1.807) is 18.2 Å². The van der Waals surface area contributed by atoms with E-state index < -0.39 is 0 Å². The van der Waals surface area contributed by atoms with E-state index in [4.69, 9.17) is 0 Å². The number of aromatic nitrogens is 3. The Morgan fingerprint density at radius 3 is 2.69 bits per heavy atom. The van der Waals surface area contributed by atoms with Crippen molar-refractivity contribution in [3.05, 3.63) is 58.3 Å². The minimum atomic E-state index is -0.347. The molecule has 3 aromatic rings. The average molecular weight is 477 g/mol. The van der Waals surface area contributed by atoms with Gasteiger partial charge in [-0.05, 0) is 48.7 Å². The molecule has 0 spiro atoms. The minimum absolute atomic E-state index is 0.127. The van der Waals surface area contributed by atoms with Gasteiger partial charge in [-0.2, -0.15) is 0 Å². The Labute approximate surface area is 182 Å². The zero-order valence-electron chi connectivity index (χ0n) is 16.4. The first kappa shape index (κ1) is 21.5. The summed E-state index contributed by atoms with van der Waals surface area (Å²) in [5.41, 5.74) is 2.27. The molecular weight excluding hydrogens is 455 g/mol. The molecule has 3 rings (SSSR count). The van der Waals surface area contributed by atoms with Crippen LogP contribution >= 0.6 is 27.7 Å². The van der Waals surface area contributed by atoms with Crippen LogP contribution in [0.3, 0.4) is 0 Å². The number of nitrogens with one attached hydrogen (secondary N) is 1. The summed E-state index contributed by atoms with van der Waals surface area (Å²) in [6, 6.07) is 12.3. The zero-order valence-corrected chi connectivity index (χ0v) is 18.8. The van der Waals surface area contributed by atoms with E-state index in [-0.39, 0.29) is 23.4 Å². The van der Waals surface area contributed by atoms with Crippen LogP contribution in [-0.2, 0) is 11.3 Å². The van der Waals surface area contributed by atoms with Gasteiger partial charge in [0.25, 0.3) is 0 Å². The fourth-order valence-corrected chi connectivity index (χ4v) is 4.14. The lowest BCUT2D eigenvalue weighted by Gasteiger charge is -2.14. The predicted molar refractivity (Wildman–Crippen MR) is 119 cm³/mol. The van der Waals surface area contributed by atoms with Gasteiger partial charge in [-0.25, -0.2) is 4.39 Å². The number of hydrogen-bond acceptors (Lipinski definition) is 4. The second-order valence-electron chi connectivity index (χ2n) is 6.75. The van der Waals surface area contributed by atoms with E-state index in [1.807, 2.05) is 29.7 Å². The van der Waals surface area contributed by atoms with Crippen molar-refractivity contribution in [2.75, 3.05) is 11.1 Å². The summed E-state index contributed by atoms with van der Waals surface area (Å²) in [7, 11) is 0. The molecule has 0 aliphatic rings. The van der Waals surface area contributed by atoms with E-state index in [0.29, 0.717) is 23.1 Å². The molecule has 0 aliphatic carbocycles. The van der Waals surface area contributed by atoms with E-state index in [2.05, 4.69) is 45.3 Å². The highest BCUT2D eigenvalue weighted by Crippen LogP contribution is 2.29. The molecule has 1 N–H and O–H groups in total. The molecule has 0 bridgehead atoms. The number of hydrogen-bond donors (Lipinski definition) is 1. The molecule has 8 heteroatoms. The number of thioether (sulfide) groups is 1. The second-order valence-corrected chi connectivity index (χ2v) is 8.61. The van der Waals surface area contributed by atoms with E-state index >= 15 is 0 Å². The molecule has 0 unspecified atom stereocenters. The van der Waals surface area contributed by atoms with Crippen molar-refractivity contribution < 1.29 is 9.18 Å². The molecule has 1 aromatic heterocycles. The maximum absolute atomic E-state index is 14.1. The molecule has 1 heterocycles. The fourth-order valence-electron chi connectivity index (χ4n) is 2.96. The number of amides is 1. The van der Waals surface area contributed by atoms with Crippen LogP contribution in [0.15, 0.2) is 52.1 Å². The topological polar surface area (TPSA) is 59.8 Å². The second kappa shape index (κ2) is 9.54. The largest absolute Gasteiger partial charge is 0.325 e. The number of carbonyl (C=O) groups excluding carboxylic acids is 1. The summed E-state index contributed by atoms with van der Waals surface area (Å²) in [4.78, 5) is 12.5. The Morgan fingerprint density at radius 1 is 1.24 bits per heavy atom. The van der Waals surface area contributed by atoms with Gasteiger partial charge in [0.1, 0.15) is 5.82 Å². The molecule has 0 saturated carbocycles. The van der Waals surface area contributed by atoms with Crippen molar-refractivity contribution in [2.24, 2.45) is 0 Å². The normalized spacial score (nSPS) is 11.1. The smallest absolute Gasteiger partial charge is 0.234 e. The molecule has 0 atom stereocenters. The summed E-state index contributed by atoms with van der Waals surface area (Å²) in [6.07, 6.45) is 0. The number of rotatable bonds is 7. The molecule has 29 heavy (non-hydrogen) atoms. The zero-order chi connectivity index (χ0) is 21.0. The third kappa shape index (κ3) is 5.05. The lowest BCUT2D eigenvalue weighted by molar-refractivity contribution is -0.113. The fraction of sp³-hybridized carbons (Fsp3) is 0.286. The Kier molecular flexibility index (Phi) is 7.08. The van der Waals surface area contributed by atoms with Gasteiger partial charge < -0.3 is 9.88 Å². The van der Waals surface area contributed by atoms with Crippen LogP contribution in [0.1, 0.15) is 32.3 Å². The Hall–Kier alpha value is -2.19. The van der Waals surface area contributed by atoms with Crippen molar-refractivity contribution in [2.45, 2.75) is 38.4 Å². The summed E-state index contributed by atoms with van der Waals surface area (Å²) < 4.78 is 16.9. The monoisotopic (exact) mass is 476 g/mol. The third-order valence-electron chi connectivity index (χ3n) is 4.39. The van der Waals surface area contributed by atoms with Crippen LogP contribution < -0.4 is 5.32 Å². The Balaban J connectivity index is 1.73. The summed E-state index contributed by atoms with van der Waals surface area (Å²) in [6.45, 7) is 6.68. The molecule has 152 valence electrons. The lowest BCUT2D eigenvalue weighted by Crippen LogP contribution is -2.16. The molecule has 2 aromatic carbocycles. The molecule has 1 amide bonds. The van der Waals surface area contributed by atoms with Gasteiger partial charge in [0, 0.05) is 16.7 Å². The van der Waals surface area contributed by atoms with Gasteiger partial charge in [-0.3, -0.25) is 4.79 Å². The van der Waals surface area contributed by atoms with Gasteiger partial charge in [-0.15, -0.1) is 10.2 Å². The third-order valence-corrected chi connectivity index (χ3v) is 5.85. The van der Waals surface area contributed by atoms with E-state index in [0.717, 1.165) is 15.7 Å². The van der Waals surface area contributed by atoms with Crippen LogP contribution in [0.4, 0.5) is 10.1 Å². The van der Waals surface area contributed by atoms with Crippen molar-refractivity contribution in [1.82, 2.24) is 14.8 Å². The molecule has 5 nitrogen and oxygen atoms in total. The molecule has 0 aliphatic heterocycles. The predicted octanol–water partition coefficient (Wildman–Crippen LogP) is 5.72. The van der Waals surface area contributed by atoms with Crippen molar-refractivity contribution in [3.8, 4) is 11.4 Å². The van der Waals surface area contributed by atoms with Crippen LogP contribution in [0.5, 0.6) is 0 Å². The SMILES string of the molecule is CCn1c(SCC(=O)Nc2ccc(Br)cc2C(C)C)nnc1-c1ccccc1F. The summed E-state index contributed by atoms with van der Waals surface area (Å²) >= 11 is 4.76. The quantitative estimate of drug-likeness (QED) is 0.442. The van der Waals surface area contributed by atoms with E-state index in [9.17, 15) is 9.18 Å². The van der Waals surface area contributed by atoms with Gasteiger partial charge >= 0.3 is 0 Å². The first-order valence-corrected chi connectivity index (χ1v) is 11.1.